The Morgan fingerprint density at radius 1 is 1.26 bits per heavy atom. The maximum absolute atomic E-state index is 13.7. The zero-order valence-electron chi connectivity index (χ0n) is 17.8. The number of nitrogens with one attached hydrogen (secondary N) is 1. The van der Waals surface area contributed by atoms with Crippen molar-refractivity contribution >= 4 is 44.6 Å². The second-order valence-corrected chi connectivity index (χ2v) is 10.4. The fraction of sp³-hybridized carbons (Fsp3) is 0.190. The first-order chi connectivity index (χ1) is 16.2. The minimum absolute atomic E-state index is 0.0326. The third-order valence-corrected chi connectivity index (χ3v) is 8.03. The molecule has 0 bridgehead atoms. The van der Waals surface area contributed by atoms with Crippen molar-refractivity contribution < 1.29 is 28.1 Å². The van der Waals surface area contributed by atoms with Crippen LogP contribution >= 0.6 is 22.9 Å². The number of amides is 1. The molecule has 180 valence electrons. The summed E-state index contributed by atoms with van der Waals surface area (Å²) in [5.74, 6) is -0.518. The third kappa shape index (κ3) is 5.72. The molecule has 1 heterocycles. The Balaban J connectivity index is 2.11. The first-order valence-corrected chi connectivity index (χ1v) is 12.4. The maximum atomic E-state index is 13.7. The average molecular weight is 526 g/mol. The maximum Gasteiger partial charge on any atom is 0.288 e. The van der Waals surface area contributed by atoms with Crippen molar-refractivity contribution in [2.24, 2.45) is 0 Å². The summed E-state index contributed by atoms with van der Waals surface area (Å²) in [6, 6.07) is 11.6. The first kappa shape index (κ1) is 25.6. The molecule has 3 aromatic rings. The smallest absolute Gasteiger partial charge is 0.288 e. The Hall–Kier alpha value is -3.03. The van der Waals surface area contributed by atoms with E-state index < -0.39 is 39.1 Å². The molecule has 0 spiro atoms. The standard InChI is InChI=1S/C21H20ClN3O7S2/c1-32-15-5-7-17(8-6-15)34(30,31)24(13-14-4-9-18(22)19(11-14)25(28)29)20(21(26)23-27)12-16-3-2-10-33-16/h2-11,20,27H,12-13H2,1H3,(H,23,26)/t20-/m1/s1. The minimum atomic E-state index is -4.32. The van der Waals surface area contributed by atoms with Crippen LogP contribution in [0.2, 0.25) is 5.02 Å². The number of hydrogen-bond donors (Lipinski definition) is 2. The SMILES string of the molecule is COc1ccc(S(=O)(=O)N(Cc2ccc(Cl)c([N+](=O)[O-])c2)[C@H](Cc2cccs2)C(=O)NO)cc1. The number of ether oxygens (including phenoxy) is 1. The number of nitro groups is 1. The van der Waals surface area contributed by atoms with Gasteiger partial charge in [-0.05, 0) is 47.3 Å². The molecule has 0 unspecified atom stereocenters. The van der Waals surface area contributed by atoms with Gasteiger partial charge in [-0.2, -0.15) is 4.31 Å². The molecule has 34 heavy (non-hydrogen) atoms. The summed E-state index contributed by atoms with van der Waals surface area (Å²) >= 11 is 7.21. The van der Waals surface area contributed by atoms with Gasteiger partial charge in [0.1, 0.15) is 16.8 Å². The van der Waals surface area contributed by atoms with E-state index in [9.17, 15) is 28.5 Å². The van der Waals surface area contributed by atoms with E-state index in [0.717, 1.165) is 10.4 Å². The van der Waals surface area contributed by atoms with Gasteiger partial charge < -0.3 is 4.74 Å². The molecule has 10 nitrogen and oxygen atoms in total. The lowest BCUT2D eigenvalue weighted by Gasteiger charge is -2.29. The van der Waals surface area contributed by atoms with Crippen LogP contribution in [-0.2, 0) is 27.8 Å². The molecule has 0 saturated carbocycles. The lowest BCUT2D eigenvalue weighted by molar-refractivity contribution is -0.384. The number of nitrogens with zero attached hydrogens (tertiary/aromatic N) is 2. The van der Waals surface area contributed by atoms with Crippen LogP contribution in [-0.4, -0.2) is 41.9 Å². The van der Waals surface area contributed by atoms with E-state index in [-0.39, 0.29) is 21.9 Å². The van der Waals surface area contributed by atoms with Gasteiger partial charge in [0.05, 0.1) is 16.9 Å². The van der Waals surface area contributed by atoms with Gasteiger partial charge in [-0.1, -0.05) is 23.7 Å². The van der Waals surface area contributed by atoms with Crippen molar-refractivity contribution in [2.75, 3.05) is 7.11 Å². The molecule has 0 aliphatic heterocycles. The molecule has 0 aliphatic rings. The normalized spacial score (nSPS) is 12.4. The molecular weight excluding hydrogens is 506 g/mol. The summed E-state index contributed by atoms with van der Waals surface area (Å²) in [5, 5.41) is 22.3. The number of carbonyl (C=O) groups excluding carboxylic acids is 1. The number of nitro benzene ring substituents is 1. The van der Waals surface area contributed by atoms with Gasteiger partial charge >= 0.3 is 0 Å². The van der Waals surface area contributed by atoms with Gasteiger partial charge in [0.15, 0.2) is 0 Å². The summed E-state index contributed by atoms with van der Waals surface area (Å²) in [6.45, 7) is -0.393. The van der Waals surface area contributed by atoms with Crippen molar-refractivity contribution in [1.82, 2.24) is 9.79 Å². The van der Waals surface area contributed by atoms with Crippen molar-refractivity contribution in [2.45, 2.75) is 23.9 Å². The summed E-state index contributed by atoms with van der Waals surface area (Å²) in [5.41, 5.74) is 1.37. The fourth-order valence-corrected chi connectivity index (χ4v) is 5.75. The van der Waals surface area contributed by atoms with Crippen LogP contribution in [0.5, 0.6) is 5.75 Å². The van der Waals surface area contributed by atoms with E-state index in [0.29, 0.717) is 10.6 Å². The highest BCUT2D eigenvalue weighted by molar-refractivity contribution is 7.89. The van der Waals surface area contributed by atoms with Gasteiger partial charge in [0.25, 0.3) is 11.6 Å². The minimum Gasteiger partial charge on any atom is -0.497 e. The van der Waals surface area contributed by atoms with E-state index in [2.05, 4.69) is 0 Å². The largest absolute Gasteiger partial charge is 0.497 e. The Kier molecular flexibility index (Phi) is 8.23. The fourth-order valence-electron chi connectivity index (χ4n) is 3.24. The highest BCUT2D eigenvalue weighted by Gasteiger charge is 2.37. The number of benzene rings is 2. The summed E-state index contributed by atoms with van der Waals surface area (Å²) in [6.07, 6.45) is -0.0326. The van der Waals surface area contributed by atoms with Gasteiger partial charge in [-0.25, -0.2) is 13.9 Å². The Morgan fingerprint density at radius 3 is 2.53 bits per heavy atom. The zero-order valence-corrected chi connectivity index (χ0v) is 20.1. The van der Waals surface area contributed by atoms with Crippen LogP contribution in [0.15, 0.2) is 64.9 Å². The third-order valence-electron chi connectivity index (χ3n) is 4.95. The molecule has 0 aliphatic carbocycles. The number of sulfonamides is 1. The highest BCUT2D eigenvalue weighted by atomic mass is 35.5. The van der Waals surface area contributed by atoms with Crippen LogP contribution in [0.1, 0.15) is 10.4 Å². The molecule has 0 fully saturated rings. The summed E-state index contributed by atoms with van der Waals surface area (Å²) in [7, 11) is -2.88. The second-order valence-electron chi connectivity index (χ2n) is 7.04. The number of methoxy groups -OCH3 is 1. The van der Waals surface area contributed by atoms with Crippen molar-refractivity contribution in [3.8, 4) is 5.75 Å². The number of halogens is 1. The van der Waals surface area contributed by atoms with Gasteiger partial charge in [-0.15, -0.1) is 11.3 Å². The van der Waals surface area contributed by atoms with E-state index in [1.54, 1.807) is 17.5 Å². The van der Waals surface area contributed by atoms with Gasteiger partial charge in [-0.3, -0.25) is 20.1 Å². The molecule has 1 atom stereocenters. The Labute approximate surface area is 204 Å². The molecule has 1 amide bonds. The molecule has 0 saturated heterocycles. The average Bonchev–Trinajstić information content (AvgIpc) is 3.34. The van der Waals surface area contributed by atoms with E-state index in [1.165, 1.54) is 60.3 Å². The van der Waals surface area contributed by atoms with Crippen LogP contribution in [0.4, 0.5) is 5.69 Å². The molecule has 1 aromatic heterocycles. The molecular formula is C21H20ClN3O7S2. The molecule has 2 aromatic carbocycles. The topological polar surface area (TPSA) is 139 Å². The molecule has 3 rings (SSSR count). The van der Waals surface area contributed by atoms with Crippen LogP contribution in [0.3, 0.4) is 0 Å². The summed E-state index contributed by atoms with van der Waals surface area (Å²) < 4.78 is 33.3. The van der Waals surface area contributed by atoms with E-state index in [4.69, 9.17) is 16.3 Å². The quantitative estimate of drug-likeness (QED) is 0.234. The van der Waals surface area contributed by atoms with E-state index in [1.807, 2.05) is 0 Å². The lowest BCUT2D eigenvalue weighted by atomic mass is 10.1. The predicted molar refractivity (Wildman–Crippen MR) is 126 cm³/mol. The Bertz CT molecular complexity index is 1270. The van der Waals surface area contributed by atoms with Crippen molar-refractivity contribution in [3.63, 3.8) is 0 Å². The number of hydroxylamine groups is 1. The first-order valence-electron chi connectivity index (χ1n) is 9.72. The van der Waals surface area contributed by atoms with Crippen LogP contribution < -0.4 is 10.2 Å². The summed E-state index contributed by atoms with van der Waals surface area (Å²) in [4.78, 5) is 23.9. The van der Waals surface area contributed by atoms with Crippen LogP contribution in [0, 0.1) is 10.1 Å². The number of thiophene rings is 1. The highest BCUT2D eigenvalue weighted by Crippen LogP contribution is 2.29. The molecule has 2 N–H and O–H groups in total. The second kappa shape index (κ2) is 10.9. The lowest BCUT2D eigenvalue weighted by Crippen LogP contribution is -2.49. The van der Waals surface area contributed by atoms with Crippen LogP contribution in [0.25, 0.3) is 0 Å². The van der Waals surface area contributed by atoms with Gasteiger partial charge in [0.2, 0.25) is 10.0 Å². The van der Waals surface area contributed by atoms with Crippen molar-refractivity contribution in [1.29, 1.82) is 0 Å². The monoisotopic (exact) mass is 525 g/mol. The zero-order chi connectivity index (χ0) is 24.9. The molecule has 0 radical (unpaired) electrons. The molecule has 13 heteroatoms. The number of hydrogen-bond acceptors (Lipinski definition) is 8. The van der Waals surface area contributed by atoms with Crippen molar-refractivity contribution in [3.05, 3.63) is 85.6 Å². The van der Waals surface area contributed by atoms with Gasteiger partial charge in [0, 0.05) is 23.9 Å². The Morgan fingerprint density at radius 2 is 1.97 bits per heavy atom. The predicted octanol–water partition coefficient (Wildman–Crippen LogP) is 3.63. The number of carbonyl (C=O) groups is 1. The number of rotatable bonds is 10. The van der Waals surface area contributed by atoms with E-state index >= 15 is 0 Å².